The van der Waals surface area contributed by atoms with Crippen LogP contribution in [0.4, 0.5) is 0 Å². The van der Waals surface area contributed by atoms with Crippen molar-refractivity contribution in [3.63, 3.8) is 0 Å². The van der Waals surface area contributed by atoms with Gasteiger partial charge in [-0.1, -0.05) is 5.16 Å². The summed E-state index contributed by atoms with van der Waals surface area (Å²) < 4.78 is 8.39. The van der Waals surface area contributed by atoms with Crippen LogP contribution in [0.5, 0.6) is 0 Å². The summed E-state index contributed by atoms with van der Waals surface area (Å²) in [5.41, 5.74) is 0.809. The highest BCUT2D eigenvalue weighted by atomic mass is 32.2. The third-order valence-electron chi connectivity index (χ3n) is 3.43. The smallest absolute Gasteiger partial charge is 0.335 e. The molecule has 0 spiro atoms. The third kappa shape index (κ3) is 2.55. The minimum Gasteiger partial charge on any atom is -0.360 e. The molecule has 3 rings (SSSR count). The van der Waals surface area contributed by atoms with Crippen LogP contribution in [-0.2, 0) is 6.67 Å². The summed E-state index contributed by atoms with van der Waals surface area (Å²) in [5, 5.41) is 3.93. The predicted octanol–water partition coefficient (Wildman–Crippen LogP) is 1.25. The Bertz CT molecular complexity index is 652. The molecular formula is C13H18N4O2S. The van der Waals surface area contributed by atoms with Gasteiger partial charge in [-0.15, -0.1) is 0 Å². The van der Waals surface area contributed by atoms with Gasteiger partial charge in [0.05, 0.1) is 6.67 Å². The number of aromatic nitrogens is 3. The van der Waals surface area contributed by atoms with Crippen molar-refractivity contribution in [1.29, 1.82) is 0 Å². The van der Waals surface area contributed by atoms with Crippen LogP contribution >= 0.6 is 11.8 Å². The SMILES string of the molecule is Cc1cc(-n2c(C)cn(CN3CCSCC3)c2=O)no1. The topological polar surface area (TPSA) is 56.2 Å². The van der Waals surface area contributed by atoms with E-state index in [1.54, 1.807) is 15.2 Å². The van der Waals surface area contributed by atoms with Crippen LogP contribution in [0, 0.1) is 13.8 Å². The van der Waals surface area contributed by atoms with Gasteiger partial charge in [-0.2, -0.15) is 11.8 Å². The second-order valence-corrected chi connectivity index (χ2v) is 6.25. The van der Waals surface area contributed by atoms with Gasteiger partial charge in [-0.05, 0) is 13.8 Å². The van der Waals surface area contributed by atoms with Crippen molar-refractivity contribution in [2.45, 2.75) is 20.5 Å². The van der Waals surface area contributed by atoms with Gasteiger partial charge in [0, 0.05) is 42.6 Å². The van der Waals surface area contributed by atoms with Crippen LogP contribution in [0.2, 0.25) is 0 Å². The van der Waals surface area contributed by atoms with E-state index in [4.69, 9.17) is 4.52 Å². The highest BCUT2D eigenvalue weighted by molar-refractivity contribution is 7.99. The van der Waals surface area contributed by atoms with E-state index in [1.807, 2.05) is 31.8 Å². The molecule has 0 bridgehead atoms. The largest absolute Gasteiger partial charge is 0.360 e. The molecule has 6 nitrogen and oxygen atoms in total. The molecule has 0 aliphatic carbocycles. The molecule has 0 N–H and O–H groups in total. The quantitative estimate of drug-likeness (QED) is 0.853. The average Bonchev–Trinajstić information content (AvgIpc) is 2.96. The highest BCUT2D eigenvalue weighted by Crippen LogP contribution is 2.12. The van der Waals surface area contributed by atoms with E-state index in [2.05, 4.69) is 10.1 Å². The Morgan fingerprint density at radius 1 is 1.35 bits per heavy atom. The molecule has 0 aromatic carbocycles. The summed E-state index contributed by atoms with van der Waals surface area (Å²) in [5.74, 6) is 3.53. The molecule has 1 fully saturated rings. The molecule has 108 valence electrons. The number of aryl methyl sites for hydroxylation is 2. The molecule has 0 amide bonds. The maximum atomic E-state index is 12.5. The van der Waals surface area contributed by atoms with Gasteiger partial charge in [0.2, 0.25) is 0 Å². The van der Waals surface area contributed by atoms with Crippen LogP contribution in [0.15, 0.2) is 21.6 Å². The third-order valence-corrected chi connectivity index (χ3v) is 4.38. The van der Waals surface area contributed by atoms with E-state index in [9.17, 15) is 4.79 Å². The number of thioether (sulfide) groups is 1. The first-order valence-corrected chi connectivity index (χ1v) is 7.83. The van der Waals surface area contributed by atoms with E-state index in [-0.39, 0.29) is 5.69 Å². The molecular weight excluding hydrogens is 276 g/mol. The van der Waals surface area contributed by atoms with Crippen molar-refractivity contribution in [2.24, 2.45) is 0 Å². The van der Waals surface area contributed by atoms with Gasteiger partial charge < -0.3 is 4.52 Å². The summed E-state index contributed by atoms with van der Waals surface area (Å²) in [6.45, 7) is 6.44. The molecule has 20 heavy (non-hydrogen) atoms. The van der Waals surface area contributed by atoms with E-state index < -0.39 is 0 Å². The first-order chi connectivity index (χ1) is 9.65. The Balaban J connectivity index is 1.88. The second kappa shape index (κ2) is 5.49. The molecule has 1 aliphatic rings. The molecule has 7 heteroatoms. The molecule has 1 aliphatic heterocycles. The van der Waals surface area contributed by atoms with Crippen LogP contribution in [0.3, 0.4) is 0 Å². The first kappa shape index (κ1) is 13.5. The molecule has 0 atom stereocenters. The summed E-state index contributed by atoms with van der Waals surface area (Å²) in [7, 11) is 0. The van der Waals surface area contributed by atoms with Gasteiger partial charge in [0.25, 0.3) is 0 Å². The first-order valence-electron chi connectivity index (χ1n) is 6.68. The maximum Gasteiger partial charge on any atom is 0.335 e. The zero-order valence-electron chi connectivity index (χ0n) is 11.7. The molecule has 0 radical (unpaired) electrons. The lowest BCUT2D eigenvalue weighted by Crippen LogP contribution is -2.37. The van der Waals surface area contributed by atoms with Gasteiger partial charge in [-0.25, -0.2) is 9.36 Å². The van der Waals surface area contributed by atoms with Crippen LogP contribution < -0.4 is 5.69 Å². The van der Waals surface area contributed by atoms with Crippen LogP contribution in [0.25, 0.3) is 5.82 Å². The molecule has 0 saturated carbocycles. The fraction of sp³-hybridized carbons (Fsp3) is 0.538. The van der Waals surface area contributed by atoms with E-state index in [0.717, 1.165) is 30.3 Å². The Kier molecular flexibility index (Phi) is 3.71. The van der Waals surface area contributed by atoms with E-state index in [1.165, 1.54) is 0 Å². The standard InChI is InChI=1S/C13H18N4O2S/c1-10-8-16(9-15-3-5-20-6-4-15)13(18)17(10)12-7-11(2)19-14-12/h7-8H,3-6,9H2,1-2H3. The van der Waals surface area contributed by atoms with Gasteiger partial charge in [-0.3, -0.25) is 9.47 Å². The molecule has 2 aromatic rings. The number of imidazole rings is 1. The predicted molar refractivity (Wildman–Crippen MR) is 78.5 cm³/mol. The minimum absolute atomic E-state index is 0.0611. The number of rotatable bonds is 3. The zero-order chi connectivity index (χ0) is 14.1. The summed E-state index contributed by atoms with van der Waals surface area (Å²) >= 11 is 1.96. The summed E-state index contributed by atoms with van der Waals surface area (Å²) in [6.07, 6.45) is 1.88. The van der Waals surface area contributed by atoms with Gasteiger partial charge >= 0.3 is 5.69 Å². The summed E-state index contributed by atoms with van der Waals surface area (Å²) in [6, 6.07) is 1.77. The van der Waals surface area contributed by atoms with Crippen LogP contribution in [-0.4, -0.2) is 43.8 Å². The summed E-state index contributed by atoms with van der Waals surface area (Å²) in [4.78, 5) is 14.8. The van der Waals surface area contributed by atoms with Crippen molar-refractivity contribution >= 4 is 11.8 Å². The monoisotopic (exact) mass is 294 g/mol. The number of hydrogen-bond acceptors (Lipinski definition) is 5. The average molecular weight is 294 g/mol. The van der Waals surface area contributed by atoms with Crippen molar-refractivity contribution in [3.8, 4) is 5.82 Å². The second-order valence-electron chi connectivity index (χ2n) is 5.03. The Morgan fingerprint density at radius 2 is 2.10 bits per heavy atom. The maximum absolute atomic E-state index is 12.5. The highest BCUT2D eigenvalue weighted by Gasteiger charge is 2.16. The lowest BCUT2D eigenvalue weighted by atomic mass is 10.4. The molecule has 1 saturated heterocycles. The van der Waals surface area contributed by atoms with Crippen LogP contribution in [0.1, 0.15) is 11.5 Å². The zero-order valence-corrected chi connectivity index (χ0v) is 12.5. The minimum atomic E-state index is -0.0611. The Morgan fingerprint density at radius 3 is 2.75 bits per heavy atom. The lowest BCUT2D eigenvalue weighted by Gasteiger charge is -2.25. The molecule has 3 heterocycles. The Hall–Kier alpha value is -1.47. The van der Waals surface area contributed by atoms with Crippen molar-refractivity contribution in [3.05, 3.63) is 34.2 Å². The van der Waals surface area contributed by atoms with Crippen molar-refractivity contribution in [1.82, 2.24) is 19.2 Å². The normalized spacial score (nSPS) is 16.7. The van der Waals surface area contributed by atoms with Gasteiger partial charge in [0.15, 0.2) is 5.82 Å². The fourth-order valence-corrected chi connectivity index (χ4v) is 3.39. The Labute approximate surface area is 121 Å². The molecule has 2 aromatic heterocycles. The van der Waals surface area contributed by atoms with E-state index >= 15 is 0 Å². The number of hydrogen-bond donors (Lipinski definition) is 0. The number of nitrogens with zero attached hydrogens (tertiary/aromatic N) is 4. The fourth-order valence-electron chi connectivity index (χ4n) is 2.41. The molecule has 0 unspecified atom stereocenters. The van der Waals surface area contributed by atoms with Crippen molar-refractivity contribution in [2.75, 3.05) is 24.6 Å². The van der Waals surface area contributed by atoms with Crippen molar-refractivity contribution < 1.29 is 4.52 Å². The van der Waals surface area contributed by atoms with Gasteiger partial charge in [0.1, 0.15) is 5.76 Å². The lowest BCUT2D eigenvalue weighted by molar-refractivity contribution is 0.237. The van der Waals surface area contributed by atoms with E-state index in [0.29, 0.717) is 18.2 Å².